The van der Waals surface area contributed by atoms with E-state index < -0.39 is 47.1 Å². The predicted molar refractivity (Wildman–Crippen MR) is 94.7 cm³/mol. The van der Waals surface area contributed by atoms with Crippen LogP contribution in [0.2, 0.25) is 0 Å². The highest BCUT2D eigenvalue weighted by molar-refractivity contribution is 8.15. The van der Waals surface area contributed by atoms with E-state index >= 15 is 0 Å². The number of esters is 3. The van der Waals surface area contributed by atoms with Gasteiger partial charge in [-0.2, -0.15) is 0 Å². The van der Waals surface area contributed by atoms with Crippen LogP contribution in [0.4, 0.5) is 0 Å². The fourth-order valence-electron chi connectivity index (χ4n) is 2.07. The summed E-state index contributed by atoms with van der Waals surface area (Å²) in [5.74, 6) is -4.88. The van der Waals surface area contributed by atoms with Gasteiger partial charge in [0.2, 0.25) is 5.91 Å². The van der Waals surface area contributed by atoms with Gasteiger partial charge in [-0.05, 0) is 0 Å². The molecule has 0 aromatic rings. The van der Waals surface area contributed by atoms with Gasteiger partial charge in [-0.1, -0.05) is 25.6 Å². The number of nitrogens with one attached hydrogen (secondary N) is 2. The molecule has 2 amide bonds. The second-order valence-electron chi connectivity index (χ2n) is 6.37. The lowest BCUT2D eigenvalue weighted by molar-refractivity contribution is -0.178. The summed E-state index contributed by atoms with van der Waals surface area (Å²) in [5.41, 5.74) is -1.29. The number of carbonyl (C=O) groups is 6. The zero-order chi connectivity index (χ0) is 21.3. The molecule has 0 unspecified atom stereocenters. The first-order chi connectivity index (χ1) is 13.1. The molecule has 2 N–H and O–H groups in total. The highest BCUT2D eigenvalue weighted by Crippen LogP contribution is 2.25. The minimum atomic E-state index is -1.55. The van der Waals surface area contributed by atoms with Crippen LogP contribution >= 0.6 is 11.8 Å². The molecule has 1 atom stereocenters. The lowest BCUT2D eigenvalue weighted by Gasteiger charge is -2.31. The Kier molecular flexibility index (Phi) is 8.89. The summed E-state index contributed by atoms with van der Waals surface area (Å²) in [4.78, 5) is 70.8. The number of cyclic esters (lactones) is 1. The Labute approximate surface area is 165 Å². The van der Waals surface area contributed by atoms with Crippen LogP contribution < -0.4 is 10.6 Å². The third kappa shape index (κ3) is 7.18. The standard InChI is InChI=1S/C16H22N2O9S/c1-16(2)8-26-14(23)15(24)28-7-6-17-9(19)4-5-18-11(20)10(16)27-13(22)12(21)25-3/h10H,4-8H2,1-3H3,(H,17,19)(H,18,20)/t10-/m0/s1. The minimum Gasteiger partial charge on any atom is -0.461 e. The molecule has 1 heterocycles. The van der Waals surface area contributed by atoms with Gasteiger partial charge in [-0.25, -0.2) is 14.4 Å². The van der Waals surface area contributed by atoms with Crippen molar-refractivity contribution in [2.45, 2.75) is 26.4 Å². The van der Waals surface area contributed by atoms with E-state index in [1.807, 2.05) is 0 Å². The molecule has 12 heteroatoms. The predicted octanol–water partition coefficient (Wildman–Crippen LogP) is -1.46. The molecule has 1 aliphatic heterocycles. The first-order valence-corrected chi connectivity index (χ1v) is 9.24. The first-order valence-electron chi connectivity index (χ1n) is 8.25. The van der Waals surface area contributed by atoms with Gasteiger partial charge in [0.1, 0.15) is 6.61 Å². The van der Waals surface area contributed by atoms with Crippen molar-refractivity contribution in [1.29, 1.82) is 0 Å². The third-order valence-corrected chi connectivity index (χ3v) is 4.41. The Morgan fingerprint density at radius 3 is 2.43 bits per heavy atom. The molecule has 0 saturated carbocycles. The smallest absolute Gasteiger partial charge is 0.418 e. The molecule has 1 fully saturated rings. The van der Waals surface area contributed by atoms with Crippen LogP contribution in [0, 0.1) is 5.41 Å². The third-order valence-electron chi connectivity index (χ3n) is 3.58. The van der Waals surface area contributed by atoms with Gasteiger partial charge in [0, 0.05) is 30.7 Å². The van der Waals surface area contributed by atoms with E-state index in [-0.39, 0.29) is 31.2 Å². The highest BCUT2D eigenvalue weighted by atomic mass is 32.2. The normalized spacial score (nSPS) is 21.9. The molecular formula is C16H22N2O9S. The number of carbonyl (C=O) groups excluding carboxylic acids is 6. The van der Waals surface area contributed by atoms with Gasteiger partial charge in [-0.15, -0.1) is 0 Å². The van der Waals surface area contributed by atoms with Crippen molar-refractivity contribution in [2.75, 3.05) is 32.6 Å². The lowest BCUT2D eigenvalue weighted by atomic mass is 9.86. The van der Waals surface area contributed by atoms with E-state index in [1.54, 1.807) is 0 Å². The van der Waals surface area contributed by atoms with Crippen LogP contribution in [-0.4, -0.2) is 73.5 Å². The Morgan fingerprint density at radius 2 is 1.79 bits per heavy atom. The van der Waals surface area contributed by atoms with E-state index in [1.165, 1.54) is 13.8 Å². The zero-order valence-corrected chi connectivity index (χ0v) is 16.5. The molecule has 0 bridgehead atoms. The van der Waals surface area contributed by atoms with Gasteiger partial charge in [-0.3, -0.25) is 14.4 Å². The van der Waals surface area contributed by atoms with Crippen molar-refractivity contribution >= 4 is 46.6 Å². The maximum Gasteiger partial charge on any atom is 0.418 e. The topological polar surface area (TPSA) is 154 Å². The van der Waals surface area contributed by atoms with Crippen LogP contribution in [0.25, 0.3) is 0 Å². The quantitative estimate of drug-likeness (QED) is 0.293. The van der Waals surface area contributed by atoms with Crippen molar-refractivity contribution in [3.8, 4) is 0 Å². The van der Waals surface area contributed by atoms with Crippen molar-refractivity contribution in [3.63, 3.8) is 0 Å². The summed E-state index contributed by atoms with van der Waals surface area (Å²) in [6.45, 7) is 2.54. The summed E-state index contributed by atoms with van der Waals surface area (Å²) >= 11 is 0.680. The number of thioether (sulfide) groups is 1. The number of methoxy groups -OCH3 is 1. The molecule has 0 aliphatic carbocycles. The Morgan fingerprint density at radius 1 is 1.11 bits per heavy atom. The summed E-state index contributed by atoms with van der Waals surface area (Å²) in [6, 6.07) is 0. The van der Waals surface area contributed by atoms with Crippen molar-refractivity contribution in [2.24, 2.45) is 5.41 Å². The first kappa shape index (κ1) is 23.4. The molecule has 0 aromatic carbocycles. The molecule has 11 nitrogen and oxygen atoms in total. The SMILES string of the molecule is COC(=O)C(=O)O[C@H]1C(=O)NCCC(=O)NCCSC(=O)C(=O)OCC1(C)C. The van der Waals surface area contributed by atoms with E-state index in [0.29, 0.717) is 11.8 Å². The summed E-state index contributed by atoms with van der Waals surface area (Å²) < 4.78 is 14.1. The highest BCUT2D eigenvalue weighted by Gasteiger charge is 2.41. The molecule has 1 rings (SSSR count). The monoisotopic (exact) mass is 418 g/mol. The maximum atomic E-state index is 12.5. The Bertz CT molecular complexity index is 663. The molecule has 156 valence electrons. The van der Waals surface area contributed by atoms with Gasteiger partial charge in [0.25, 0.3) is 11.0 Å². The van der Waals surface area contributed by atoms with Crippen LogP contribution in [0.1, 0.15) is 20.3 Å². The minimum absolute atomic E-state index is 0.0567. The van der Waals surface area contributed by atoms with Crippen LogP contribution in [0.3, 0.4) is 0 Å². The van der Waals surface area contributed by atoms with Gasteiger partial charge in [0.05, 0.1) is 7.11 Å². The largest absolute Gasteiger partial charge is 0.461 e. The van der Waals surface area contributed by atoms with E-state index in [4.69, 9.17) is 9.47 Å². The number of hydrogen-bond acceptors (Lipinski definition) is 10. The average molecular weight is 418 g/mol. The summed E-state index contributed by atoms with van der Waals surface area (Å²) in [6.07, 6.45) is -1.61. The molecule has 0 aromatic heterocycles. The summed E-state index contributed by atoms with van der Waals surface area (Å²) in [7, 11) is 0.967. The number of hydrogen-bond donors (Lipinski definition) is 2. The molecule has 28 heavy (non-hydrogen) atoms. The van der Waals surface area contributed by atoms with E-state index in [0.717, 1.165) is 7.11 Å². The van der Waals surface area contributed by atoms with Crippen molar-refractivity contribution in [3.05, 3.63) is 0 Å². The average Bonchev–Trinajstić information content (AvgIpc) is 2.65. The van der Waals surface area contributed by atoms with Crippen LogP contribution in [0.5, 0.6) is 0 Å². The lowest BCUT2D eigenvalue weighted by Crippen LogP contribution is -2.50. The number of rotatable bonds is 1. The van der Waals surface area contributed by atoms with Crippen molar-refractivity contribution < 1.29 is 43.0 Å². The Hall–Kier alpha value is -2.63. The molecule has 1 aliphatic rings. The fourth-order valence-corrected chi connectivity index (χ4v) is 2.63. The van der Waals surface area contributed by atoms with Crippen molar-refractivity contribution in [1.82, 2.24) is 10.6 Å². The fraction of sp³-hybridized carbons (Fsp3) is 0.625. The molecule has 0 spiro atoms. The number of ether oxygens (including phenoxy) is 3. The van der Waals surface area contributed by atoms with Gasteiger partial charge >= 0.3 is 17.9 Å². The van der Waals surface area contributed by atoms with Gasteiger partial charge in [0.15, 0.2) is 6.10 Å². The second-order valence-corrected chi connectivity index (χ2v) is 7.44. The van der Waals surface area contributed by atoms with Crippen LogP contribution in [-0.2, 0) is 43.0 Å². The zero-order valence-electron chi connectivity index (χ0n) is 15.7. The van der Waals surface area contributed by atoms with Crippen LogP contribution in [0.15, 0.2) is 0 Å². The van der Waals surface area contributed by atoms with E-state index in [2.05, 4.69) is 15.4 Å². The number of amides is 2. The van der Waals surface area contributed by atoms with E-state index in [9.17, 15) is 28.8 Å². The molecule has 0 radical (unpaired) electrons. The molecular weight excluding hydrogens is 396 g/mol. The Balaban J connectivity index is 3.03. The second kappa shape index (κ2) is 10.6. The molecule has 1 saturated heterocycles. The maximum absolute atomic E-state index is 12.5. The van der Waals surface area contributed by atoms with Gasteiger partial charge < -0.3 is 24.8 Å². The summed E-state index contributed by atoms with van der Waals surface area (Å²) in [5, 5.41) is 4.08.